The first-order chi connectivity index (χ1) is 23.9. The fourth-order valence-electron chi connectivity index (χ4n) is 5.78. The van der Waals surface area contributed by atoms with Crippen molar-refractivity contribution in [2.24, 2.45) is 0 Å². The Bertz CT molecular complexity index is 1920. The highest BCUT2D eigenvalue weighted by atomic mass is 32.2. The second kappa shape index (κ2) is 16.1. The van der Waals surface area contributed by atoms with E-state index in [4.69, 9.17) is 5.11 Å². The summed E-state index contributed by atoms with van der Waals surface area (Å²) < 4.78 is 1.77. The molecule has 0 spiro atoms. The molecule has 250 valence electrons. The molecule has 0 radical (unpaired) electrons. The van der Waals surface area contributed by atoms with E-state index in [2.05, 4.69) is 25.6 Å². The normalized spacial score (nSPS) is 12.8. The van der Waals surface area contributed by atoms with Gasteiger partial charge in [0.2, 0.25) is 0 Å². The Balaban J connectivity index is 1.21. The number of hydrogen-bond acceptors (Lipinski definition) is 7. The van der Waals surface area contributed by atoms with Crippen molar-refractivity contribution >= 4 is 40.9 Å². The third-order valence-corrected chi connectivity index (χ3v) is 9.35. The van der Waals surface area contributed by atoms with Gasteiger partial charge in [-0.1, -0.05) is 24.3 Å². The van der Waals surface area contributed by atoms with Crippen LogP contribution in [0.5, 0.6) is 0 Å². The van der Waals surface area contributed by atoms with Crippen LogP contribution in [-0.4, -0.2) is 56.5 Å². The molecule has 3 heterocycles. The maximum atomic E-state index is 13.6. The summed E-state index contributed by atoms with van der Waals surface area (Å²) in [5.41, 5.74) is 6.68. The molecule has 0 saturated carbocycles. The van der Waals surface area contributed by atoms with E-state index in [0.717, 1.165) is 54.0 Å². The molecule has 6 rings (SSSR count). The van der Waals surface area contributed by atoms with E-state index in [-0.39, 0.29) is 18.2 Å². The molecule has 3 N–H and O–H groups in total. The molecular formula is C38H38N6O4S. The van der Waals surface area contributed by atoms with Crippen LogP contribution in [-0.2, 0) is 17.1 Å². The average molecular weight is 675 g/mol. The molecule has 1 aliphatic heterocycles. The number of carboxylic acids is 1. The second-order valence-corrected chi connectivity index (χ2v) is 13.0. The van der Waals surface area contributed by atoms with E-state index >= 15 is 0 Å². The number of carboxylic acid groups (broad SMARTS) is 1. The Hall–Kier alpha value is -5.42. The lowest BCUT2D eigenvalue weighted by atomic mass is 10.0. The Morgan fingerprint density at radius 2 is 1.61 bits per heavy atom. The van der Waals surface area contributed by atoms with Crippen molar-refractivity contribution in [3.63, 3.8) is 0 Å². The topological polar surface area (TPSA) is 129 Å². The van der Waals surface area contributed by atoms with Crippen molar-refractivity contribution in [3.05, 3.63) is 126 Å². The van der Waals surface area contributed by atoms with Crippen LogP contribution in [0, 0.1) is 0 Å². The number of aromatic nitrogens is 3. The van der Waals surface area contributed by atoms with E-state index in [1.165, 1.54) is 18.2 Å². The molecule has 2 amide bonds. The molecule has 11 heteroatoms. The molecule has 5 aromatic rings. The van der Waals surface area contributed by atoms with Crippen molar-refractivity contribution in [3.8, 4) is 16.9 Å². The van der Waals surface area contributed by atoms with Gasteiger partial charge < -0.3 is 20.6 Å². The van der Waals surface area contributed by atoms with Crippen molar-refractivity contribution in [2.75, 3.05) is 29.1 Å². The lowest BCUT2D eigenvalue weighted by Crippen LogP contribution is -2.29. The summed E-state index contributed by atoms with van der Waals surface area (Å²) in [7, 11) is 0. The van der Waals surface area contributed by atoms with Crippen molar-refractivity contribution in [2.45, 2.75) is 38.0 Å². The van der Waals surface area contributed by atoms with Gasteiger partial charge in [-0.05, 0) is 91.1 Å². The standard InChI is InChI=1S/C38H38N6O4S/c45-36(46)14-20-49-26-28-8-4-9-29(21-28)38(48)42-34-12-11-31(43-17-2-1-3-18-43)24-33(34)35-23-30(13-16-39-35)37(47)40-25-27-7-5-10-32(22-27)44-19-6-15-41-44/h4-13,15-16,19,21-24H,1-3,14,17-18,20,25-26H2,(H,40,47)(H,42,48)(H,45,46). The summed E-state index contributed by atoms with van der Waals surface area (Å²) in [6.45, 7) is 2.26. The zero-order valence-electron chi connectivity index (χ0n) is 27.0. The molecule has 1 saturated heterocycles. The van der Waals surface area contributed by atoms with Crippen LogP contribution in [0.2, 0.25) is 0 Å². The fourth-order valence-corrected chi connectivity index (χ4v) is 6.66. The minimum absolute atomic E-state index is 0.0958. The molecule has 2 aromatic heterocycles. The van der Waals surface area contributed by atoms with Gasteiger partial charge in [-0.25, -0.2) is 4.68 Å². The molecule has 10 nitrogen and oxygen atoms in total. The number of anilines is 2. The molecular weight excluding hydrogens is 637 g/mol. The number of pyridine rings is 1. The van der Waals surface area contributed by atoms with Gasteiger partial charge in [0.25, 0.3) is 11.8 Å². The maximum Gasteiger partial charge on any atom is 0.304 e. The van der Waals surface area contributed by atoms with Crippen LogP contribution in [0.1, 0.15) is 57.5 Å². The summed E-state index contributed by atoms with van der Waals surface area (Å²) in [4.78, 5) is 44.8. The fraction of sp³-hybridized carbons (Fsp3) is 0.237. The summed E-state index contributed by atoms with van der Waals surface area (Å²) in [6, 6.07) is 26.5. The first kappa shape index (κ1) is 33.5. The Kier molecular flexibility index (Phi) is 11.0. The minimum atomic E-state index is -0.823. The van der Waals surface area contributed by atoms with Gasteiger partial charge in [0.05, 0.1) is 23.5 Å². The predicted molar refractivity (Wildman–Crippen MR) is 193 cm³/mol. The number of carbonyl (C=O) groups is 3. The minimum Gasteiger partial charge on any atom is -0.481 e. The van der Waals surface area contributed by atoms with Crippen LogP contribution < -0.4 is 15.5 Å². The number of nitrogens with zero attached hydrogens (tertiary/aromatic N) is 4. The van der Waals surface area contributed by atoms with Crippen molar-refractivity contribution in [1.82, 2.24) is 20.1 Å². The SMILES string of the molecule is O=C(O)CCSCc1cccc(C(=O)Nc2ccc(N3CCCCC3)cc2-c2cc(C(=O)NCc3cccc(-n4cccn4)c3)ccn2)c1. The quantitative estimate of drug-likeness (QED) is 0.116. The van der Waals surface area contributed by atoms with Gasteiger partial charge in [-0.3, -0.25) is 19.4 Å². The molecule has 0 bridgehead atoms. The third-order valence-electron chi connectivity index (χ3n) is 8.32. The highest BCUT2D eigenvalue weighted by Crippen LogP contribution is 2.33. The zero-order chi connectivity index (χ0) is 34.0. The Labute approximate surface area is 289 Å². The molecule has 3 aromatic carbocycles. The number of carbonyl (C=O) groups excluding carboxylic acids is 2. The Morgan fingerprint density at radius 3 is 2.43 bits per heavy atom. The monoisotopic (exact) mass is 674 g/mol. The summed E-state index contributed by atoms with van der Waals surface area (Å²) >= 11 is 1.52. The number of nitrogens with one attached hydrogen (secondary N) is 2. The number of rotatable bonds is 13. The first-order valence-electron chi connectivity index (χ1n) is 16.4. The zero-order valence-corrected chi connectivity index (χ0v) is 27.9. The van der Waals surface area contributed by atoms with Crippen LogP contribution in [0.4, 0.5) is 11.4 Å². The van der Waals surface area contributed by atoms with Gasteiger partial charge in [-0.15, -0.1) is 0 Å². The van der Waals surface area contributed by atoms with E-state index in [1.807, 2.05) is 72.9 Å². The summed E-state index contributed by atoms with van der Waals surface area (Å²) in [5, 5.41) is 19.3. The molecule has 1 aliphatic rings. The van der Waals surface area contributed by atoms with E-state index in [1.54, 1.807) is 35.3 Å². The van der Waals surface area contributed by atoms with Crippen molar-refractivity contribution < 1.29 is 19.5 Å². The van der Waals surface area contributed by atoms with Crippen molar-refractivity contribution in [1.29, 1.82) is 0 Å². The van der Waals surface area contributed by atoms with Gasteiger partial charge in [0, 0.05) is 72.1 Å². The second-order valence-electron chi connectivity index (χ2n) is 11.9. The Morgan fingerprint density at radius 1 is 0.796 bits per heavy atom. The number of benzene rings is 3. The van der Waals surface area contributed by atoms with Gasteiger partial charge in [-0.2, -0.15) is 16.9 Å². The lowest BCUT2D eigenvalue weighted by molar-refractivity contribution is -0.136. The van der Waals surface area contributed by atoms with Crippen LogP contribution in [0.25, 0.3) is 16.9 Å². The van der Waals surface area contributed by atoms with Gasteiger partial charge in [0.1, 0.15) is 0 Å². The van der Waals surface area contributed by atoms with Crippen LogP contribution in [0.15, 0.2) is 104 Å². The highest BCUT2D eigenvalue weighted by molar-refractivity contribution is 7.98. The van der Waals surface area contributed by atoms with E-state index in [9.17, 15) is 14.4 Å². The molecule has 0 atom stereocenters. The van der Waals surface area contributed by atoms with Crippen LogP contribution >= 0.6 is 11.8 Å². The molecule has 49 heavy (non-hydrogen) atoms. The number of amides is 2. The highest BCUT2D eigenvalue weighted by Gasteiger charge is 2.18. The van der Waals surface area contributed by atoms with E-state index in [0.29, 0.717) is 40.6 Å². The molecule has 0 unspecified atom stereocenters. The average Bonchev–Trinajstić information content (AvgIpc) is 3.69. The molecule has 0 aliphatic carbocycles. The number of thioether (sulfide) groups is 1. The third kappa shape index (κ3) is 8.94. The maximum absolute atomic E-state index is 13.6. The smallest absolute Gasteiger partial charge is 0.304 e. The van der Waals surface area contributed by atoms with E-state index < -0.39 is 5.97 Å². The number of aliphatic carboxylic acids is 1. The molecule has 1 fully saturated rings. The number of piperidine rings is 1. The van der Waals surface area contributed by atoms with Crippen LogP contribution in [0.3, 0.4) is 0 Å². The lowest BCUT2D eigenvalue weighted by Gasteiger charge is -2.29. The number of hydrogen-bond donors (Lipinski definition) is 3. The summed E-state index contributed by atoms with van der Waals surface area (Å²) in [5.74, 6) is -0.212. The van der Waals surface area contributed by atoms with Gasteiger partial charge >= 0.3 is 5.97 Å². The predicted octanol–water partition coefficient (Wildman–Crippen LogP) is 6.81. The first-order valence-corrected chi connectivity index (χ1v) is 17.5. The van der Waals surface area contributed by atoms with Gasteiger partial charge in [0.15, 0.2) is 0 Å². The summed E-state index contributed by atoms with van der Waals surface area (Å²) in [6.07, 6.45) is 8.76. The largest absolute Gasteiger partial charge is 0.481 e.